The lowest BCUT2D eigenvalue weighted by Gasteiger charge is -2.29. The van der Waals surface area contributed by atoms with Gasteiger partial charge in [0.2, 0.25) is 0 Å². The molecule has 2 atom stereocenters. The number of nitrogens with one attached hydrogen (secondary N) is 1. The van der Waals surface area contributed by atoms with Gasteiger partial charge in [-0.1, -0.05) is 38.5 Å². The van der Waals surface area contributed by atoms with Crippen LogP contribution in [0, 0.1) is 0 Å². The van der Waals surface area contributed by atoms with E-state index in [2.05, 4.69) is 31.3 Å². The van der Waals surface area contributed by atoms with E-state index >= 15 is 0 Å². The summed E-state index contributed by atoms with van der Waals surface area (Å²) in [6.07, 6.45) is 4.22. The molecule has 0 heterocycles. The van der Waals surface area contributed by atoms with Crippen LogP contribution in [-0.2, 0) is 27.2 Å². The highest BCUT2D eigenvalue weighted by molar-refractivity contribution is 8.00. The van der Waals surface area contributed by atoms with Gasteiger partial charge in [-0.25, -0.2) is 4.79 Å². The van der Waals surface area contributed by atoms with Crippen molar-refractivity contribution in [1.29, 1.82) is 0 Å². The predicted molar refractivity (Wildman–Crippen MR) is 147 cm³/mol. The zero-order chi connectivity index (χ0) is 26.9. The third-order valence-electron chi connectivity index (χ3n) is 6.79. The number of esters is 1. The van der Waals surface area contributed by atoms with E-state index in [1.54, 1.807) is 6.92 Å². The summed E-state index contributed by atoms with van der Waals surface area (Å²) in [5, 5.41) is 11.8. The summed E-state index contributed by atoms with van der Waals surface area (Å²) in [5.74, 6) is -0.624. The third-order valence-corrected chi connectivity index (χ3v) is 7.87. The molecule has 0 saturated carbocycles. The molecule has 2 aromatic carbocycles. The number of fused-ring (bicyclic) bond motifs is 1. The van der Waals surface area contributed by atoms with Gasteiger partial charge in [0.25, 0.3) is 0 Å². The summed E-state index contributed by atoms with van der Waals surface area (Å²) >= 11 is 1.33. The van der Waals surface area contributed by atoms with Crippen LogP contribution in [0.25, 0.3) is 0 Å². The average molecular weight is 527 g/mol. The van der Waals surface area contributed by atoms with E-state index in [1.165, 1.54) is 30.0 Å². The number of rotatable bonds is 12. The molecule has 2 N–H and O–H groups in total. The predicted octanol–water partition coefficient (Wildman–Crippen LogP) is 6.11. The number of carboxylic acids is 1. The zero-order valence-corrected chi connectivity index (χ0v) is 23.0. The molecule has 2 aromatic rings. The Morgan fingerprint density at radius 2 is 1.73 bits per heavy atom. The van der Waals surface area contributed by atoms with Crippen molar-refractivity contribution in [3.05, 3.63) is 59.2 Å². The van der Waals surface area contributed by atoms with E-state index in [0.29, 0.717) is 18.9 Å². The molecule has 2 unspecified atom stereocenters. The summed E-state index contributed by atoms with van der Waals surface area (Å²) in [4.78, 5) is 39.0. The number of ether oxygens (including phenoxy) is 1. The second-order valence-corrected chi connectivity index (χ2v) is 11.3. The molecule has 0 aliphatic heterocycles. The molecule has 0 aromatic heterocycles. The third kappa shape index (κ3) is 8.25. The molecule has 200 valence electrons. The number of methoxy groups -OCH3 is 1. The molecule has 8 heteroatoms. The maximum Gasteiger partial charge on any atom is 0.322 e. The Kier molecular flexibility index (Phi) is 10.4. The summed E-state index contributed by atoms with van der Waals surface area (Å²) in [6.45, 7) is 6.55. The van der Waals surface area contributed by atoms with E-state index in [-0.39, 0.29) is 18.0 Å². The topological polar surface area (TPSA) is 95.9 Å². The number of amides is 2. The SMILES string of the molecule is COC(=O)CCCCCN(C(=O)Nc1ccc(C(C)C)cc1)C1Cc2ccc(SC(C)C(=O)O)cc2C1. The first-order valence-corrected chi connectivity index (χ1v) is 13.8. The molecular formula is C29H38N2O5S. The number of benzene rings is 2. The minimum Gasteiger partial charge on any atom is -0.480 e. The Labute approximate surface area is 224 Å². The van der Waals surface area contributed by atoms with Crippen molar-refractivity contribution in [1.82, 2.24) is 4.90 Å². The summed E-state index contributed by atoms with van der Waals surface area (Å²) in [6, 6.07) is 14.0. The van der Waals surface area contributed by atoms with E-state index in [1.807, 2.05) is 35.2 Å². The van der Waals surface area contributed by atoms with Gasteiger partial charge < -0.3 is 20.1 Å². The highest BCUT2D eigenvalue weighted by atomic mass is 32.2. The molecule has 0 saturated heterocycles. The highest BCUT2D eigenvalue weighted by Crippen LogP contribution is 2.32. The number of thioether (sulfide) groups is 1. The number of aliphatic carboxylic acids is 1. The van der Waals surface area contributed by atoms with Gasteiger partial charge in [0, 0.05) is 29.6 Å². The maximum absolute atomic E-state index is 13.4. The van der Waals surface area contributed by atoms with Gasteiger partial charge in [-0.15, -0.1) is 11.8 Å². The van der Waals surface area contributed by atoms with E-state index in [0.717, 1.165) is 48.3 Å². The molecule has 1 aliphatic carbocycles. The number of anilines is 1. The Balaban J connectivity index is 1.69. The maximum atomic E-state index is 13.4. The van der Waals surface area contributed by atoms with Crippen LogP contribution in [0.4, 0.5) is 10.5 Å². The van der Waals surface area contributed by atoms with Crippen molar-refractivity contribution in [3.63, 3.8) is 0 Å². The van der Waals surface area contributed by atoms with Crippen LogP contribution >= 0.6 is 11.8 Å². The number of nitrogens with zero attached hydrogens (tertiary/aromatic N) is 1. The van der Waals surface area contributed by atoms with Crippen molar-refractivity contribution in [2.75, 3.05) is 19.0 Å². The molecule has 0 spiro atoms. The highest BCUT2D eigenvalue weighted by Gasteiger charge is 2.30. The number of urea groups is 1. The van der Waals surface area contributed by atoms with Gasteiger partial charge in [-0.3, -0.25) is 9.59 Å². The van der Waals surface area contributed by atoms with Gasteiger partial charge in [0.05, 0.1) is 7.11 Å². The molecule has 0 bridgehead atoms. The summed E-state index contributed by atoms with van der Waals surface area (Å²) in [5.41, 5.74) is 4.35. The Hall–Kier alpha value is -3.00. The van der Waals surface area contributed by atoms with Gasteiger partial charge in [-0.2, -0.15) is 0 Å². The summed E-state index contributed by atoms with van der Waals surface area (Å²) < 4.78 is 4.72. The second kappa shape index (κ2) is 13.5. The Morgan fingerprint density at radius 3 is 2.38 bits per heavy atom. The van der Waals surface area contributed by atoms with Gasteiger partial charge in [0.15, 0.2) is 0 Å². The van der Waals surface area contributed by atoms with Crippen molar-refractivity contribution >= 4 is 35.4 Å². The lowest BCUT2D eigenvalue weighted by molar-refractivity contribution is -0.140. The largest absolute Gasteiger partial charge is 0.480 e. The number of hydrogen-bond donors (Lipinski definition) is 2. The number of unbranched alkanes of at least 4 members (excludes halogenated alkanes) is 2. The smallest absolute Gasteiger partial charge is 0.322 e. The van der Waals surface area contributed by atoms with Crippen LogP contribution in [0.3, 0.4) is 0 Å². The summed E-state index contributed by atoms with van der Waals surface area (Å²) in [7, 11) is 1.39. The lowest BCUT2D eigenvalue weighted by atomic mass is 10.0. The molecule has 7 nitrogen and oxygen atoms in total. The van der Waals surface area contributed by atoms with Crippen LogP contribution in [0.2, 0.25) is 0 Å². The number of carbonyl (C=O) groups excluding carboxylic acids is 2. The fraction of sp³-hybridized carbons (Fsp3) is 0.483. The van der Waals surface area contributed by atoms with Crippen LogP contribution in [0.15, 0.2) is 47.4 Å². The molecule has 1 aliphatic rings. The second-order valence-electron chi connectivity index (χ2n) is 9.88. The molecular weight excluding hydrogens is 488 g/mol. The fourth-order valence-corrected chi connectivity index (χ4v) is 5.41. The van der Waals surface area contributed by atoms with Crippen molar-refractivity contribution < 1.29 is 24.2 Å². The van der Waals surface area contributed by atoms with Gasteiger partial charge in [0.1, 0.15) is 5.25 Å². The minimum atomic E-state index is -0.833. The fourth-order valence-electron chi connectivity index (χ4n) is 4.55. The molecule has 0 fully saturated rings. The lowest BCUT2D eigenvalue weighted by Crippen LogP contribution is -2.44. The molecule has 0 radical (unpaired) electrons. The van der Waals surface area contributed by atoms with Crippen LogP contribution < -0.4 is 5.32 Å². The first kappa shape index (κ1) is 28.6. The first-order chi connectivity index (χ1) is 17.7. The quantitative estimate of drug-likeness (QED) is 0.197. The first-order valence-electron chi connectivity index (χ1n) is 12.9. The Bertz CT molecular complexity index is 1090. The van der Waals surface area contributed by atoms with E-state index < -0.39 is 11.2 Å². The van der Waals surface area contributed by atoms with Crippen LogP contribution in [-0.4, -0.2) is 52.9 Å². The van der Waals surface area contributed by atoms with Crippen LogP contribution in [0.5, 0.6) is 0 Å². The van der Waals surface area contributed by atoms with E-state index in [9.17, 15) is 19.5 Å². The Morgan fingerprint density at radius 1 is 1.03 bits per heavy atom. The van der Waals surface area contributed by atoms with Gasteiger partial charge in [-0.05, 0) is 79.5 Å². The normalized spacial score (nSPS) is 15.2. The van der Waals surface area contributed by atoms with E-state index in [4.69, 9.17) is 4.74 Å². The number of carboxylic acid groups (broad SMARTS) is 1. The monoisotopic (exact) mass is 526 g/mol. The molecule has 3 rings (SSSR count). The zero-order valence-electron chi connectivity index (χ0n) is 22.2. The number of hydrogen-bond acceptors (Lipinski definition) is 5. The minimum absolute atomic E-state index is 0.0164. The van der Waals surface area contributed by atoms with Gasteiger partial charge >= 0.3 is 18.0 Å². The van der Waals surface area contributed by atoms with Crippen LogP contribution in [0.1, 0.15) is 69.1 Å². The average Bonchev–Trinajstić information content (AvgIpc) is 3.28. The van der Waals surface area contributed by atoms with Crippen molar-refractivity contribution in [3.8, 4) is 0 Å². The number of carbonyl (C=O) groups is 3. The standard InChI is InChI=1S/C29H38N2O5S/c1-19(2)21-9-12-24(13-10-21)30-29(35)31(15-7-5-6-8-27(32)36-4)25-16-22-11-14-26(18-23(22)17-25)37-20(3)28(33)34/h9-14,18-20,25H,5-8,15-17H2,1-4H3,(H,30,35)(H,33,34). The van der Waals surface area contributed by atoms with Crippen molar-refractivity contribution in [2.24, 2.45) is 0 Å². The molecule has 37 heavy (non-hydrogen) atoms. The van der Waals surface area contributed by atoms with Crippen molar-refractivity contribution in [2.45, 2.75) is 81.4 Å². The molecule has 2 amide bonds.